The number of nitrogens with zero attached hydrogens (tertiary/aromatic N) is 6. The first-order chi connectivity index (χ1) is 15.5. The number of likely N-dealkylation sites (tertiary alicyclic amines) is 1. The van der Waals surface area contributed by atoms with Crippen molar-refractivity contribution in [2.45, 2.75) is 44.8 Å². The average molecular weight is 433 g/mol. The minimum atomic E-state index is -0.650. The number of piperidine rings is 2. The van der Waals surface area contributed by atoms with E-state index in [-0.39, 0.29) is 30.7 Å². The lowest BCUT2D eigenvalue weighted by Crippen LogP contribution is -2.52. The summed E-state index contributed by atoms with van der Waals surface area (Å²) < 4.78 is 1.68. The van der Waals surface area contributed by atoms with Crippen LogP contribution in [0.25, 0.3) is 5.69 Å². The highest BCUT2D eigenvalue weighted by Gasteiger charge is 2.40. The minimum absolute atomic E-state index is 0.138. The molecule has 5 rings (SSSR count). The zero-order valence-corrected chi connectivity index (χ0v) is 17.5. The summed E-state index contributed by atoms with van der Waals surface area (Å²) in [7, 11) is 0. The van der Waals surface area contributed by atoms with E-state index in [1.54, 1.807) is 16.8 Å². The Balaban J connectivity index is 1.34. The van der Waals surface area contributed by atoms with Crippen LogP contribution in [0.4, 0.5) is 0 Å². The summed E-state index contributed by atoms with van der Waals surface area (Å²) >= 11 is 0. The topological polar surface area (TPSA) is 124 Å². The lowest BCUT2D eigenvalue weighted by atomic mass is 9.98. The van der Waals surface area contributed by atoms with Crippen molar-refractivity contribution in [2.24, 2.45) is 5.92 Å². The normalized spacial score (nSPS) is 22.0. The molecular weight excluding hydrogens is 410 g/mol. The van der Waals surface area contributed by atoms with E-state index in [9.17, 15) is 14.4 Å². The molecule has 32 heavy (non-hydrogen) atoms. The van der Waals surface area contributed by atoms with Crippen LogP contribution in [-0.4, -0.2) is 61.6 Å². The molecule has 10 nitrogen and oxygen atoms in total. The molecule has 10 heteroatoms. The van der Waals surface area contributed by atoms with Crippen LogP contribution in [-0.2, 0) is 22.7 Å². The SMILES string of the molecule is N#CC1CCN(Cc2cn(-c3cccc4c3CN(C3CCC(=O)NC3=O)C4=O)nn2)CC1. The smallest absolute Gasteiger partial charge is 0.255 e. The van der Waals surface area contributed by atoms with Crippen molar-refractivity contribution in [3.8, 4) is 11.8 Å². The van der Waals surface area contributed by atoms with Crippen molar-refractivity contribution in [1.82, 2.24) is 30.1 Å². The lowest BCUT2D eigenvalue weighted by Gasteiger charge is -2.29. The van der Waals surface area contributed by atoms with Gasteiger partial charge in [0.1, 0.15) is 6.04 Å². The van der Waals surface area contributed by atoms with Crippen LogP contribution in [0.5, 0.6) is 0 Å². The van der Waals surface area contributed by atoms with Crippen molar-refractivity contribution in [3.63, 3.8) is 0 Å². The van der Waals surface area contributed by atoms with Gasteiger partial charge in [0.05, 0.1) is 23.6 Å². The molecule has 0 aliphatic carbocycles. The Morgan fingerprint density at radius 3 is 2.72 bits per heavy atom. The summed E-state index contributed by atoms with van der Waals surface area (Å²) in [4.78, 5) is 40.6. The Bertz CT molecular complexity index is 1130. The van der Waals surface area contributed by atoms with E-state index in [1.165, 1.54) is 4.90 Å². The van der Waals surface area contributed by atoms with E-state index in [1.807, 2.05) is 12.3 Å². The number of hydrogen-bond donors (Lipinski definition) is 1. The van der Waals surface area contributed by atoms with Gasteiger partial charge < -0.3 is 4.90 Å². The Morgan fingerprint density at radius 1 is 1.16 bits per heavy atom. The summed E-state index contributed by atoms with van der Waals surface area (Å²) in [6, 6.07) is 7.13. The van der Waals surface area contributed by atoms with Gasteiger partial charge in [0.2, 0.25) is 11.8 Å². The second-order valence-corrected chi connectivity index (χ2v) is 8.54. The minimum Gasteiger partial charge on any atom is -0.322 e. The fourth-order valence-corrected chi connectivity index (χ4v) is 4.72. The summed E-state index contributed by atoms with van der Waals surface area (Å²) in [5.41, 5.74) is 2.92. The quantitative estimate of drug-likeness (QED) is 0.706. The van der Waals surface area contributed by atoms with Gasteiger partial charge in [-0.15, -0.1) is 5.10 Å². The van der Waals surface area contributed by atoms with Gasteiger partial charge in [-0.05, 0) is 44.5 Å². The number of imide groups is 1. The van der Waals surface area contributed by atoms with E-state index in [0.29, 0.717) is 18.5 Å². The summed E-state index contributed by atoms with van der Waals surface area (Å²) in [6.45, 7) is 2.67. The van der Waals surface area contributed by atoms with Crippen LogP contribution in [0.15, 0.2) is 24.4 Å². The molecular formula is C22H23N7O3. The maximum atomic E-state index is 13.0. The molecule has 1 atom stereocenters. The largest absolute Gasteiger partial charge is 0.322 e. The molecule has 1 aromatic carbocycles. The molecule has 3 aliphatic heterocycles. The van der Waals surface area contributed by atoms with Crippen molar-refractivity contribution in [3.05, 3.63) is 41.2 Å². The first-order valence-corrected chi connectivity index (χ1v) is 10.8. The predicted molar refractivity (Wildman–Crippen MR) is 111 cm³/mol. The highest BCUT2D eigenvalue weighted by atomic mass is 16.2. The highest BCUT2D eigenvalue weighted by molar-refractivity contribution is 6.05. The average Bonchev–Trinajstić information content (AvgIpc) is 3.39. The van der Waals surface area contributed by atoms with Gasteiger partial charge in [-0.3, -0.25) is 24.6 Å². The van der Waals surface area contributed by atoms with Gasteiger partial charge in [0.25, 0.3) is 5.91 Å². The number of rotatable bonds is 4. The molecule has 0 saturated carbocycles. The van der Waals surface area contributed by atoms with E-state index < -0.39 is 11.9 Å². The van der Waals surface area contributed by atoms with Crippen LogP contribution < -0.4 is 5.32 Å². The maximum absolute atomic E-state index is 13.0. The third-order valence-electron chi connectivity index (χ3n) is 6.50. The van der Waals surface area contributed by atoms with Crippen molar-refractivity contribution in [1.29, 1.82) is 5.26 Å². The van der Waals surface area contributed by atoms with Crippen molar-refractivity contribution < 1.29 is 14.4 Å². The van der Waals surface area contributed by atoms with Crippen LogP contribution in [0, 0.1) is 17.2 Å². The summed E-state index contributed by atoms with van der Waals surface area (Å²) in [5, 5.41) is 20.0. The summed E-state index contributed by atoms with van der Waals surface area (Å²) in [6.07, 6.45) is 4.16. The van der Waals surface area contributed by atoms with E-state index >= 15 is 0 Å². The Labute approximate surface area is 184 Å². The molecule has 1 unspecified atom stereocenters. The fraction of sp³-hybridized carbons (Fsp3) is 0.455. The van der Waals surface area contributed by atoms with Gasteiger partial charge in [-0.2, -0.15) is 5.26 Å². The number of amides is 3. The monoisotopic (exact) mass is 433 g/mol. The Morgan fingerprint density at radius 2 is 1.97 bits per heavy atom. The number of aromatic nitrogens is 3. The van der Waals surface area contributed by atoms with Crippen molar-refractivity contribution >= 4 is 17.7 Å². The lowest BCUT2D eigenvalue weighted by molar-refractivity contribution is -0.136. The molecule has 164 valence electrons. The van der Waals surface area contributed by atoms with Gasteiger partial charge in [-0.1, -0.05) is 11.3 Å². The van der Waals surface area contributed by atoms with E-state index in [2.05, 4.69) is 26.6 Å². The van der Waals surface area contributed by atoms with Crippen molar-refractivity contribution in [2.75, 3.05) is 13.1 Å². The van der Waals surface area contributed by atoms with Gasteiger partial charge in [0, 0.05) is 36.6 Å². The number of carbonyl (C=O) groups is 3. The van der Waals surface area contributed by atoms with E-state index in [4.69, 9.17) is 5.26 Å². The number of nitrogens with one attached hydrogen (secondary N) is 1. The zero-order valence-electron chi connectivity index (χ0n) is 17.5. The Kier molecular flexibility index (Phi) is 5.19. The molecule has 2 fully saturated rings. The first kappa shape index (κ1) is 20.3. The number of fused-ring (bicyclic) bond motifs is 1. The Hall–Kier alpha value is -3.58. The first-order valence-electron chi connectivity index (χ1n) is 10.8. The number of carbonyl (C=O) groups excluding carboxylic acids is 3. The van der Waals surface area contributed by atoms with Gasteiger partial charge in [0.15, 0.2) is 0 Å². The molecule has 1 aromatic heterocycles. The van der Waals surface area contributed by atoms with E-state index in [0.717, 1.165) is 42.9 Å². The van der Waals surface area contributed by atoms with Crippen LogP contribution in [0.2, 0.25) is 0 Å². The third-order valence-corrected chi connectivity index (χ3v) is 6.50. The number of hydrogen-bond acceptors (Lipinski definition) is 7. The molecule has 3 aliphatic rings. The second-order valence-electron chi connectivity index (χ2n) is 8.54. The van der Waals surface area contributed by atoms with Gasteiger partial charge >= 0.3 is 0 Å². The molecule has 2 aromatic rings. The van der Waals surface area contributed by atoms with Crippen LogP contribution >= 0.6 is 0 Å². The molecule has 0 radical (unpaired) electrons. The van der Waals surface area contributed by atoms with Crippen LogP contribution in [0.3, 0.4) is 0 Å². The fourth-order valence-electron chi connectivity index (χ4n) is 4.72. The zero-order chi connectivity index (χ0) is 22.2. The molecule has 0 bridgehead atoms. The number of nitriles is 1. The van der Waals surface area contributed by atoms with Crippen LogP contribution in [0.1, 0.15) is 47.3 Å². The maximum Gasteiger partial charge on any atom is 0.255 e. The molecule has 4 heterocycles. The number of benzene rings is 1. The molecule has 1 N–H and O–H groups in total. The van der Waals surface area contributed by atoms with Gasteiger partial charge in [-0.25, -0.2) is 4.68 Å². The summed E-state index contributed by atoms with van der Waals surface area (Å²) in [5.74, 6) is -0.800. The molecule has 0 spiro atoms. The second kappa shape index (κ2) is 8.16. The molecule has 2 saturated heterocycles. The highest BCUT2D eigenvalue weighted by Crippen LogP contribution is 2.31. The molecule has 3 amide bonds. The predicted octanol–water partition coefficient (Wildman–Crippen LogP) is 0.764. The standard InChI is InChI=1S/C22H23N7O3/c23-10-14-6-8-27(9-7-14)11-15-12-29(26-25-15)18-3-1-2-16-17(18)13-28(22(16)32)19-4-5-20(30)24-21(19)31/h1-3,12,14,19H,4-9,11,13H2,(H,24,30,31). The third kappa shape index (κ3) is 3.65.